The highest BCUT2D eigenvalue weighted by Gasteiger charge is 2.32. The molecule has 3 aromatic carbocycles. The zero-order valence-electron chi connectivity index (χ0n) is 23.8. The summed E-state index contributed by atoms with van der Waals surface area (Å²) in [5, 5.41) is 4.81. The Kier molecular flexibility index (Phi) is 6.17. The lowest BCUT2D eigenvalue weighted by molar-refractivity contribution is 0.263. The van der Waals surface area contributed by atoms with E-state index < -0.39 is 0 Å². The molecular weight excluding hydrogens is 499 g/mol. The second kappa shape index (κ2) is 9.75. The highest BCUT2D eigenvalue weighted by molar-refractivity contribution is 5.87. The number of hydrogen-bond donors (Lipinski definition) is 2. The molecule has 2 aliphatic rings. The summed E-state index contributed by atoms with van der Waals surface area (Å²) in [6.45, 7) is 11.2. The molecule has 0 aliphatic carbocycles. The lowest BCUT2D eigenvalue weighted by atomic mass is 9.91. The number of aromatic amines is 1. The molecule has 40 heavy (non-hydrogen) atoms. The number of imidazole rings is 1. The number of anilines is 1. The molecule has 2 N–H and O–H groups in total. The number of H-pyrrole nitrogens is 1. The van der Waals surface area contributed by atoms with Gasteiger partial charge in [-0.05, 0) is 74.2 Å². The normalized spacial score (nSPS) is 18.1. The highest BCUT2D eigenvalue weighted by atomic mass is 19.1. The van der Waals surface area contributed by atoms with Crippen LogP contribution in [0.2, 0.25) is 0 Å². The van der Waals surface area contributed by atoms with Crippen LogP contribution in [0.3, 0.4) is 0 Å². The van der Waals surface area contributed by atoms with E-state index in [2.05, 4.69) is 75.0 Å². The minimum absolute atomic E-state index is 0.0908. The second-order valence-corrected chi connectivity index (χ2v) is 11.7. The largest absolute Gasteiger partial charge is 0.357 e. The summed E-state index contributed by atoms with van der Waals surface area (Å²) in [7, 11) is 2.23. The highest BCUT2D eigenvalue weighted by Crippen LogP contribution is 2.41. The van der Waals surface area contributed by atoms with Crippen molar-refractivity contribution < 1.29 is 4.39 Å². The van der Waals surface area contributed by atoms with E-state index in [0.717, 1.165) is 61.7 Å². The van der Waals surface area contributed by atoms with Gasteiger partial charge < -0.3 is 19.8 Å². The molecule has 0 radical (unpaired) electrons. The molecule has 0 amide bonds. The van der Waals surface area contributed by atoms with Crippen LogP contribution >= 0.6 is 0 Å². The van der Waals surface area contributed by atoms with E-state index in [1.807, 2.05) is 26.0 Å². The van der Waals surface area contributed by atoms with Crippen molar-refractivity contribution in [1.29, 1.82) is 0 Å². The molecule has 4 heterocycles. The van der Waals surface area contributed by atoms with Crippen LogP contribution in [0.25, 0.3) is 21.9 Å². The molecule has 7 heteroatoms. The van der Waals surface area contributed by atoms with E-state index in [4.69, 9.17) is 4.98 Å². The SMILES string of the molecule is Cc1cc(C2c3[nH]c4ccccc4c3CCN2C)c2nc(N3CCNCC3)n(Cc3cc(C)c(F)c(C)c3)c2c1. The Labute approximate surface area is 234 Å². The van der Waals surface area contributed by atoms with Crippen molar-refractivity contribution >= 4 is 27.9 Å². The topological polar surface area (TPSA) is 52.1 Å². The fraction of sp³-hybridized carbons (Fsp3) is 0.364. The lowest BCUT2D eigenvalue weighted by Crippen LogP contribution is -2.44. The maximum atomic E-state index is 14.5. The maximum absolute atomic E-state index is 14.5. The summed E-state index contributed by atoms with van der Waals surface area (Å²) < 4.78 is 16.9. The molecule has 2 aliphatic heterocycles. The first-order valence-corrected chi connectivity index (χ1v) is 14.4. The third-order valence-electron chi connectivity index (χ3n) is 8.81. The molecule has 1 atom stereocenters. The molecular formula is C33H37FN6. The number of aromatic nitrogens is 3. The van der Waals surface area contributed by atoms with Crippen LogP contribution in [-0.4, -0.2) is 59.2 Å². The third kappa shape index (κ3) is 4.11. The number of rotatable bonds is 4. The van der Waals surface area contributed by atoms with Gasteiger partial charge in [-0.1, -0.05) is 36.4 Å². The van der Waals surface area contributed by atoms with Gasteiger partial charge in [-0.25, -0.2) is 9.37 Å². The molecule has 0 bridgehead atoms. The van der Waals surface area contributed by atoms with Gasteiger partial charge in [0, 0.05) is 54.9 Å². The molecule has 0 spiro atoms. The smallest absolute Gasteiger partial charge is 0.206 e. The van der Waals surface area contributed by atoms with Crippen LogP contribution in [0.15, 0.2) is 48.5 Å². The first-order valence-electron chi connectivity index (χ1n) is 14.4. The van der Waals surface area contributed by atoms with E-state index in [9.17, 15) is 4.39 Å². The number of halogens is 1. The second-order valence-electron chi connectivity index (χ2n) is 11.7. The number of piperazine rings is 1. The van der Waals surface area contributed by atoms with Gasteiger partial charge in [0.15, 0.2) is 0 Å². The number of para-hydroxylation sites is 1. The Hall–Kier alpha value is -3.68. The molecule has 0 saturated carbocycles. The first kappa shape index (κ1) is 25.3. The van der Waals surface area contributed by atoms with Crippen LogP contribution in [-0.2, 0) is 13.0 Å². The minimum Gasteiger partial charge on any atom is -0.357 e. The van der Waals surface area contributed by atoms with Gasteiger partial charge in [0.1, 0.15) is 5.82 Å². The molecule has 1 saturated heterocycles. The van der Waals surface area contributed by atoms with Gasteiger partial charge in [0.2, 0.25) is 5.95 Å². The molecule has 7 rings (SSSR count). The Morgan fingerprint density at radius 1 is 0.975 bits per heavy atom. The molecule has 206 valence electrons. The molecule has 2 aromatic heterocycles. The van der Waals surface area contributed by atoms with Crippen molar-refractivity contribution in [3.63, 3.8) is 0 Å². The number of aryl methyl sites for hydroxylation is 3. The molecule has 6 nitrogen and oxygen atoms in total. The van der Waals surface area contributed by atoms with Crippen LogP contribution in [0, 0.1) is 26.6 Å². The summed E-state index contributed by atoms with van der Waals surface area (Å²) >= 11 is 0. The Morgan fingerprint density at radius 2 is 1.73 bits per heavy atom. The van der Waals surface area contributed by atoms with Gasteiger partial charge in [0.25, 0.3) is 0 Å². The number of likely N-dealkylation sites (N-methyl/N-ethyl adjacent to an activating group) is 1. The van der Waals surface area contributed by atoms with Crippen molar-refractivity contribution in [2.75, 3.05) is 44.7 Å². The van der Waals surface area contributed by atoms with Crippen molar-refractivity contribution in [2.45, 2.75) is 39.8 Å². The predicted molar refractivity (Wildman–Crippen MR) is 161 cm³/mol. The van der Waals surface area contributed by atoms with Gasteiger partial charge >= 0.3 is 0 Å². The summed E-state index contributed by atoms with van der Waals surface area (Å²) in [6.07, 6.45) is 1.03. The van der Waals surface area contributed by atoms with Crippen LogP contribution < -0.4 is 10.2 Å². The predicted octanol–water partition coefficient (Wildman–Crippen LogP) is 5.62. The first-order chi connectivity index (χ1) is 19.4. The summed E-state index contributed by atoms with van der Waals surface area (Å²) in [4.78, 5) is 14.1. The van der Waals surface area contributed by atoms with Crippen LogP contribution in [0.1, 0.15) is 45.1 Å². The Morgan fingerprint density at radius 3 is 2.50 bits per heavy atom. The van der Waals surface area contributed by atoms with E-state index >= 15 is 0 Å². The number of benzene rings is 3. The summed E-state index contributed by atoms with van der Waals surface area (Å²) in [6, 6.07) is 17.3. The van der Waals surface area contributed by atoms with Gasteiger partial charge in [-0.2, -0.15) is 0 Å². The maximum Gasteiger partial charge on any atom is 0.206 e. The monoisotopic (exact) mass is 536 g/mol. The molecule has 1 unspecified atom stereocenters. The number of fused-ring (bicyclic) bond motifs is 4. The Bertz CT molecular complexity index is 1720. The van der Waals surface area contributed by atoms with E-state index in [0.29, 0.717) is 17.7 Å². The van der Waals surface area contributed by atoms with E-state index in [1.54, 1.807) is 0 Å². The van der Waals surface area contributed by atoms with Crippen molar-refractivity contribution in [1.82, 2.24) is 24.8 Å². The average Bonchev–Trinajstić information content (AvgIpc) is 3.50. The zero-order chi connectivity index (χ0) is 27.5. The van der Waals surface area contributed by atoms with Crippen molar-refractivity contribution in [2.24, 2.45) is 0 Å². The van der Waals surface area contributed by atoms with Gasteiger partial charge in [0.05, 0.1) is 23.6 Å². The summed E-state index contributed by atoms with van der Waals surface area (Å²) in [5.74, 6) is 0.882. The molecule has 1 fully saturated rings. The average molecular weight is 537 g/mol. The van der Waals surface area contributed by atoms with E-state index in [1.165, 1.54) is 33.3 Å². The Balaban J connectivity index is 1.44. The van der Waals surface area contributed by atoms with Crippen LogP contribution in [0.4, 0.5) is 10.3 Å². The van der Waals surface area contributed by atoms with Gasteiger partial charge in [-0.3, -0.25) is 4.90 Å². The molecule has 5 aromatic rings. The van der Waals surface area contributed by atoms with Crippen molar-refractivity contribution in [3.05, 3.63) is 93.4 Å². The van der Waals surface area contributed by atoms with E-state index in [-0.39, 0.29) is 11.9 Å². The number of hydrogen-bond acceptors (Lipinski definition) is 4. The lowest BCUT2D eigenvalue weighted by Gasteiger charge is -2.33. The fourth-order valence-electron chi connectivity index (χ4n) is 6.92. The fourth-order valence-corrected chi connectivity index (χ4v) is 6.92. The number of nitrogens with zero attached hydrogens (tertiary/aromatic N) is 4. The zero-order valence-corrected chi connectivity index (χ0v) is 23.8. The quantitative estimate of drug-likeness (QED) is 0.313. The standard InChI is InChI=1S/C33H37FN6/c1-20-15-26(32-31-25(9-12-38(32)4)24-7-5-6-8-27(24)36-31)30-28(16-20)40(33(37-30)39-13-10-35-11-14-39)19-23-17-21(2)29(34)22(3)18-23/h5-8,15-18,32,35-36H,9-14,19H2,1-4H3. The van der Waals surface area contributed by atoms with Crippen LogP contribution in [0.5, 0.6) is 0 Å². The van der Waals surface area contributed by atoms with Gasteiger partial charge in [-0.15, -0.1) is 0 Å². The third-order valence-corrected chi connectivity index (χ3v) is 8.81. The number of nitrogens with one attached hydrogen (secondary N) is 2. The minimum atomic E-state index is -0.117. The summed E-state index contributed by atoms with van der Waals surface area (Å²) in [5.41, 5.74) is 11.0. The van der Waals surface area contributed by atoms with Crippen molar-refractivity contribution in [3.8, 4) is 0 Å².